The lowest BCUT2D eigenvalue weighted by Gasteiger charge is -2.36. The highest BCUT2D eigenvalue weighted by molar-refractivity contribution is 5.75. The van der Waals surface area contributed by atoms with Crippen LogP contribution >= 0.6 is 0 Å². The summed E-state index contributed by atoms with van der Waals surface area (Å²) >= 11 is 0. The lowest BCUT2D eigenvalue weighted by atomic mass is 10.2. The van der Waals surface area contributed by atoms with E-state index in [0.29, 0.717) is 18.8 Å². The summed E-state index contributed by atoms with van der Waals surface area (Å²) in [6.07, 6.45) is 3.19. The maximum atomic E-state index is 12.5. The smallest absolute Gasteiger partial charge is 0.240 e. The first kappa shape index (κ1) is 21.7. The van der Waals surface area contributed by atoms with Gasteiger partial charge in [0.2, 0.25) is 11.3 Å². The van der Waals surface area contributed by atoms with Crippen LogP contribution in [-0.2, 0) is 24.4 Å². The zero-order valence-electron chi connectivity index (χ0n) is 18.2. The van der Waals surface area contributed by atoms with Gasteiger partial charge in [-0.05, 0) is 24.3 Å². The Hall–Kier alpha value is -3.52. The summed E-state index contributed by atoms with van der Waals surface area (Å²) in [5.74, 6) is 0.746. The lowest BCUT2D eigenvalue weighted by Crippen LogP contribution is -2.46. The number of amides is 1. The van der Waals surface area contributed by atoms with Crippen LogP contribution in [0.2, 0.25) is 0 Å². The third-order valence-corrected chi connectivity index (χ3v) is 5.64. The largest absolute Gasteiger partial charge is 0.491 e. The van der Waals surface area contributed by atoms with Crippen molar-refractivity contribution >= 4 is 11.6 Å². The van der Waals surface area contributed by atoms with Crippen LogP contribution in [0.25, 0.3) is 0 Å². The molecule has 1 amide bonds. The fourth-order valence-electron chi connectivity index (χ4n) is 3.87. The van der Waals surface area contributed by atoms with Crippen molar-refractivity contribution in [2.24, 2.45) is 0 Å². The third-order valence-electron chi connectivity index (χ3n) is 5.64. The Balaban J connectivity index is 1.41. The van der Waals surface area contributed by atoms with Crippen LogP contribution in [-0.4, -0.2) is 48.7 Å². The molecule has 0 spiro atoms. The zero-order chi connectivity index (χ0) is 22.3. The number of piperazine rings is 1. The first-order valence-electron chi connectivity index (χ1n) is 10.7. The Morgan fingerprint density at radius 1 is 1.09 bits per heavy atom. The Labute approximate surface area is 187 Å². The minimum atomic E-state index is -0.183. The predicted molar refractivity (Wildman–Crippen MR) is 122 cm³/mol. The molecule has 0 bridgehead atoms. The quantitative estimate of drug-likeness (QED) is 0.583. The number of anilines is 1. The van der Waals surface area contributed by atoms with E-state index in [0.717, 1.165) is 31.9 Å². The van der Waals surface area contributed by atoms with Crippen molar-refractivity contribution < 1.29 is 13.9 Å². The van der Waals surface area contributed by atoms with Gasteiger partial charge < -0.3 is 23.9 Å². The maximum absolute atomic E-state index is 12.5. The number of para-hydroxylation sites is 1. The molecule has 2 aromatic heterocycles. The number of hydrogen-bond acceptors (Lipinski definition) is 6. The summed E-state index contributed by atoms with van der Waals surface area (Å²) in [5, 5.41) is 2.85. The number of furan rings is 1. The molecule has 1 fully saturated rings. The Bertz CT molecular complexity index is 1070. The minimum absolute atomic E-state index is 0.0939. The summed E-state index contributed by atoms with van der Waals surface area (Å²) < 4.78 is 12.2. The van der Waals surface area contributed by atoms with Crippen molar-refractivity contribution in [3.8, 4) is 5.75 Å². The van der Waals surface area contributed by atoms with Gasteiger partial charge in [-0.3, -0.25) is 14.5 Å². The molecule has 0 atom stereocenters. The van der Waals surface area contributed by atoms with Gasteiger partial charge in [0, 0.05) is 50.2 Å². The van der Waals surface area contributed by atoms with E-state index in [-0.39, 0.29) is 23.6 Å². The molecule has 1 aliphatic rings. The summed E-state index contributed by atoms with van der Waals surface area (Å²) in [6.45, 7) is 4.58. The number of nitrogens with zero attached hydrogens (tertiary/aromatic N) is 3. The second-order valence-corrected chi connectivity index (χ2v) is 7.78. The van der Waals surface area contributed by atoms with E-state index in [9.17, 15) is 9.59 Å². The molecule has 0 saturated carbocycles. The number of carbonyl (C=O) groups is 1. The Kier molecular flexibility index (Phi) is 6.91. The van der Waals surface area contributed by atoms with E-state index < -0.39 is 0 Å². The van der Waals surface area contributed by atoms with E-state index in [2.05, 4.69) is 39.4 Å². The molecular formula is C24H28N4O4. The van der Waals surface area contributed by atoms with Crippen molar-refractivity contribution in [1.29, 1.82) is 0 Å². The van der Waals surface area contributed by atoms with Gasteiger partial charge in [0.05, 0.1) is 26.1 Å². The second kappa shape index (κ2) is 10.2. The first-order chi connectivity index (χ1) is 15.6. The molecule has 4 rings (SSSR count). The summed E-state index contributed by atoms with van der Waals surface area (Å²) in [6, 6.07) is 15.5. The third kappa shape index (κ3) is 5.39. The van der Waals surface area contributed by atoms with Crippen LogP contribution in [0.5, 0.6) is 5.75 Å². The molecule has 8 heteroatoms. The number of hydrogen-bond donors (Lipinski definition) is 1. The summed E-state index contributed by atoms with van der Waals surface area (Å²) in [5.41, 5.74) is 1.83. The molecule has 168 valence electrons. The highest BCUT2D eigenvalue weighted by Crippen LogP contribution is 2.17. The van der Waals surface area contributed by atoms with Gasteiger partial charge in [-0.2, -0.15) is 0 Å². The fraction of sp³-hybridized carbons (Fsp3) is 0.333. The standard InChI is InChI=1S/C24H28N4O4/c1-31-23-17-28(18-24(30)25-15-21-8-5-13-32-21)20(14-22(23)29)16-26-9-11-27(12-10-26)19-6-3-2-4-7-19/h2-8,13-14,17H,9-12,15-16,18H2,1H3,(H,25,30). The molecule has 0 aliphatic carbocycles. The van der Waals surface area contributed by atoms with Crippen LogP contribution in [0.3, 0.4) is 0 Å². The molecule has 3 heterocycles. The zero-order valence-corrected chi connectivity index (χ0v) is 18.2. The first-order valence-corrected chi connectivity index (χ1v) is 10.7. The average molecular weight is 437 g/mol. The predicted octanol–water partition coefficient (Wildman–Crippen LogP) is 2.09. The van der Waals surface area contributed by atoms with E-state index in [1.165, 1.54) is 12.8 Å². The number of rotatable bonds is 8. The number of methoxy groups -OCH3 is 1. The SMILES string of the molecule is COc1cn(CC(=O)NCc2ccco2)c(CN2CCN(c3ccccc3)CC2)cc1=O. The van der Waals surface area contributed by atoms with Crippen molar-refractivity contribution in [2.75, 3.05) is 38.2 Å². The number of benzene rings is 1. The van der Waals surface area contributed by atoms with Gasteiger partial charge in [-0.25, -0.2) is 0 Å². The lowest BCUT2D eigenvalue weighted by molar-refractivity contribution is -0.122. The molecule has 32 heavy (non-hydrogen) atoms. The summed E-state index contributed by atoms with van der Waals surface area (Å²) in [7, 11) is 1.46. The van der Waals surface area contributed by atoms with Crippen molar-refractivity contribution in [3.05, 3.63) is 82.7 Å². The fourth-order valence-corrected chi connectivity index (χ4v) is 3.87. The molecule has 8 nitrogen and oxygen atoms in total. The van der Waals surface area contributed by atoms with Gasteiger partial charge in [0.1, 0.15) is 12.3 Å². The van der Waals surface area contributed by atoms with Crippen LogP contribution in [0.15, 0.2) is 70.2 Å². The minimum Gasteiger partial charge on any atom is -0.491 e. The molecular weight excluding hydrogens is 408 g/mol. The van der Waals surface area contributed by atoms with Crippen molar-refractivity contribution in [3.63, 3.8) is 0 Å². The van der Waals surface area contributed by atoms with Gasteiger partial charge in [-0.1, -0.05) is 18.2 Å². The molecule has 1 aliphatic heterocycles. The number of ether oxygens (including phenoxy) is 1. The van der Waals surface area contributed by atoms with Gasteiger partial charge in [0.25, 0.3) is 0 Å². The van der Waals surface area contributed by atoms with Crippen LogP contribution < -0.4 is 20.4 Å². The summed E-state index contributed by atoms with van der Waals surface area (Å²) in [4.78, 5) is 29.6. The van der Waals surface area contributed by atoms with Crippen LogP contribution in [0.1, 0.15) is 11.5 Å². The van der Waals surface area contributed by atoms with E-state index in [1.807, 2.05) is 12.1 Å². The van der Waals surface area contributed by atoms with Crippen LogP contribution in [0.4, 0.5) is 5.69 Å². The van der Waals surface area contributed by atoms with Crippen LogP contribution in [0, 0.1) is 0 Å². The molecule has 0 unspecified atom stereocenters. The van der Waals surface area contributed by atoms with Gasteiger partial charge in [-0.15, -0.1) is 0 Å². The highest BCUT2D eigenvalue weighted by atomic mass is 16.5. The van der Waals surface area contributed by atoms with Gasteiger partial charge >= 0.3 is 0 Å². The normalized spacial score (nSPS) is 14.3. The van der Waals surface area contributed by atoms with Crippen molar-refractivity contribution in [1.82, 2.24) is 14.8 Å². The number of carbonyl (C=O) groups excluding carboxylic acids is 1. The molecule has 1 saturated heterocycles. The Morgan fingerprint density at radius 3 is 2.56 bits per heavy atom. The van der Waals surface area contributed by atoms with E-state index in [4.69, 9.17) is 9.15 Å². The van der Waals surface area contributed by atoms with Gasteiger partial charge in [0.15, 0.2) is 5.75 Å². The molecule has 1 N–H and O–H groups in total. The second-order valence-electron chi connectivity index (χ2n) is 7.78. The highest BCUT2D eigenvalue weighted by Gasteiger charge is 2.19. The van der Waals surface area contributed by atoms with E-state index >= 15 is 0 Å². The number of pyridine rings is 1. The topological polar surface area (TPSA) is 80.0 Å². The molecule has 3 aromatic rings. The molecule has 0 radical (unpaired) electrons. The average Bonchev–Trinajstić information content (AvgIpc) is 3.34. The monoisotopic (exact) mass is 436 g/mol. The maximum Gasteiger partial charge on any atom is 0.240 e. The van der Waals surface area contributed by atoms with Crippen molar-refractivity contribution in [2.45, 2.75) is 19.6 Å². The van der Waals surface area contributed by atoms with E-state index in [1.54, 1.807) is 29.2 Å². The number of aromatic nitrogens is 1. The Morgan fingerprint density at radius 2 is 1.88 bits per heavy atom. The molecule has 1 aromatic carbocycles. The number of nitrogens with one attached hydrogen (secondary N) is 1.